The van der Waals surface area contributed by atoms with Crippen LogP contribution in [0.5, 0.6) is 0 Å². The van der Waals surface area contributed by atoms with Crippen molar-refractivity contribution in [3.05, 3.63) is 49.9 Å². The zero-order valence-electron chi connectivity index (χ0n) is 9.90. The van der Waals surface area contributed by atoms with Gasteiger partial charge in [0.15, 0.2) is 0 Å². The van der Waals surface area contributed by atoms with Gasteiger partial charge in [0.2, 0.25) is 0 Å². The van der Waals surface area contributed by atoms with Crippen molar-refractivity contribution in [1.29, 1.82) is 0 Å². The fraction of sp³-hybridized carbons (Fsp3) is 0.308. The quantitative estimate of drug-likeness (QED) is 0.937. The number of benzene rings is 1. The van der Waals surface area contributed by atoms with Crippen molar-refractivity contribution in [1.82, 2.24) is 4.98 Å². The van der Waals surface area contributed by atoms with Crippen LogP contribution in [0, 0.1) is 13.8 Å². The molecule has 1 atom stereocenters. The van der Waals surface area contributed by atoms with E-state index in [9.17, 15) is 0 Å². The van der Waals surface area contributed by atoms with Gasteiger partial charge in [0.25, 0.3) is 0 Å². The predicted octanol–water partition coefficient (Wildman–Crippen LogP) is 3.76. The van der Waals surface area contributed by atoms with Crippen LogP contribution >= 0.6 is 27.3 Å². The Morgan fingerprint density at radius 3 is 2.82 bits per heavy atom. The van der Waals surface area contributed by atoms with Crippen LogP contribution in [-0.4, -0.2) is 4.98 Å². The van der Waals surface area contributed by atoms with Gasteiger partial charge < -0.3 is 5.73 Å². The number of aryl methyl sites for hydroxylation is 2. The van der Waals surface area contributed by atoms with E-state index in [2.05, 4.69) is 45.4 Å². The van der Waals surface area contributed by atoms with E-state index in [1.54, 1.807) is 11.3 Å². The molecule has 17 heavy (non-hydrogen) atoms. The van der Waals surface area contributed by atoms with Crippen molar-refractivity contribution < 1.29 is 0 Å². The van der Waals surface area contributed by atoms with Gasteiger partial charge >= 0.3 is 0 Å². The first-order valence-electron chi connectivity index (χ1n) is 5.49. The van der Waals surface area contributed by atoms with Gasteiger partial charge in [-0.25, -0.2) is 4.98 Å². The molecule has 2 rings (SSSR count). The monoisotopic (exact) mass is 310 g/mol. The SMILES string of the molecule is Cc1csc(CC(N)c2cccc(C)c2Br)n1. The normalized spacial score (nSPS) is 12.7. The highest BCUT2D eigenvalue weighted by molar-refractivity contribution is 9.10. The second-order valence-electron chi connectivity index (χ2n) is 4.17. The lowest BCUT2D eigenvalue weighted by Crippen LogP contribution is -2.14. The molecular formula is C13H15BrN2S. The van der Waals surface area contributed by atoms with E-state index in [1.807, 2.05) is 13.0 Å². The largest absolute Gasteiger partial charge is 0.324 e. The van der Waals surface area contributed by atoms with Crippen LogP contribution in [0.2, 0.25) is 0 Å². The molecule has 4 heteroatoms. The van der Waals surface area contributed by atoms with E-state index in [-0.39, 0.29) is 6.04 Å². The first kappa shape index (κ1) is 12.7. The van der Waals surface area contributed by atoms with Gasteiger partial charge in [0.05, 0.1) is 5.01 Å². The number of aromatic nitrogens is 1. The Balaban J connectivity index is 2.20. The minimum absolute atomic E-state index is 0.00479. The van der Waals surface area contributed by atoms with Gasteiger partial charge in [-0.05, 0) is 25.0 Å². The van der Waals surface area contributed by atoms with E-state index < -0.39 is 0 Å². The molecule has 2 aromatic rings. The van der Waals surface area contributed by atoms with Crippen molar-refractivity contribution in [2.75, 3.05) is 0 Å². The van der Waals surface area contributed by atoms with Gasteiger partial charge in [0.1, 0.15) is 0 Å². The van der Waals surface area contributed by atoms with Gasteiger partial charge in [-0.3, -0.25) is 0 Å². The van der Waals surface area contributed by atoms with Gasteiger partial charge in [-0.2, -0.15) is 0 Å². The molecule has 0 amide bonds. The summed E-state index contributed by atoms with van der Waals surface area (Å²) >= 11 is 5.28. The van der Waals surface area contributed by atoms with Crippen molar-refractivity contribution in [3.8, 4) is 0 Å². The summed E-state index contributed by atoms with van der Waals surface area (Å²) in [4.78, 5) is 4.45. The fourth-order valence-electron chi connectivity index (χ4n) is 1.75. The van der Waals surface area contributed by atoms with Crippen LogP contribution < -0.4 is 5.73 Å². The van der Waals surface area contributed by atoms with Gasteiger partial charge in [-0.15, -0.1) is 11.3 Å². The molecule has 0 radical (unpaired) electrons. The summed E-state index contributed by atoms with van der Waals surface area (Å²) in [6, 6.07) is 6.19. The third-order valence-electron chi connectivity index (χ3n) is 2.68. The fourth-order valence-corrected chi connectivity index (χ4v) is 3.14. The summed E-state index contributed by atoms with van der Waals surface area (Å²) in [7, 11) is 0. The summed E-state index contributed by atoms with van der Waals surface area (Å²) in [5.74, 6) is 0. The van der Waals surface area contributed by atoms with Crippen LogP contribution in [0.4, 0.5) is 0 Å². The summed E-state index contributed by atoms with van der Waals surface area (Å²) < 4.78 is 1.11. The number of nitrogens with two attached hydrogens (primary N) is 1. The van der Waals surface area contributed by atoms with Crippen LogP contribution in [0.25, 0.3) is 0 Å². The maximum absolute atomic E-state index is 6.24. The second kappa shape index (κ2) is 5.29. The molecule has 1 heterocycles. The molecule has 0 aliphatic heterocycles. The number of hydrogen-bond acceptors (Lipinski definition) is 3. The lowest BCUT2D eigenvalue weighted by Gasteiger charge is -2.13. The second-order valence-corrected chi connectivity index (χ2v) is 5.91. The highest BCUT2D eigenvalue weighted by Crippen LogP contribution is 2.27. The highest BCUT2D eigenvalue weighted by atomic mass is 79.9. The lowest BCUT2D eigenvalue weighted by atomic mass is 10.0. The van der Waals surface area contributed by atoms with E-state index in [1.165, 1.54) is 5.56 Å². The maximum atomic E-state index is 6.24. The molecule has 90 valence electrons. The molecule has 2 N–H and O–H groups in total. The zero-order valence-corrected chi connectivity index (χ0v) is 12.3. The van der Waals surface area contributed by atoms with E-state index in [4.69, 9.17) is 5.73 Å². The number of hydrogen-bond donors (Lipinski definition) is 1. The summed E-state index contributed by atoms with van der Waals surface area (Å²) in [6.07, 6.45) is 0.792. The van der Waals surface area contributed by atoms with Crippen LogP contribution in [0.1, 0.15) is 27.9 Å². The standard InChI is InChI=1S/C13H15BrN2S/c1-8-4-3-5-10(13(8)14)11(15)6-12-16-9(2)7-17-12/h3-5,7,11H,6,15H2,1-2H3. The molecular weight excluding hydrogens is 296 g/mol. The summed E-state index contributed by atoms with van der Waals surface area (Å²) in [5, 5.41) is 3.16. The topological polar surface area (TPSA) is 38.9 Å². The van der Waals surface area contributed by atoms with Crippen LogP contribution in [0.15, 0.2) is 28.1 Å². The Morgan fingerprint density at radius 1 is 1.41 bits per heavy atom. The molecule has 0 spiro atoms. The minimum atomic E-state index is -0.00479. The lowest BCUT2D eigenvalue weighted by molar-refractivity contribution is 0.712. The Hall–Kier alpha value is -0.710. The maximum Gasteiger partial charge on any atom is 0.0947 e. The first-order chi connectivity index (χ1) is 8.08. The third kappa shape index (κ3) is 2.94. The molecule has 1 unspecified atom stereocenters. The molecule has 2 nitrogen and oxygen atoms in total. The number of thiazole rings is 1. The van der Waals surface area contributed by atoms with E-state index in [0.29, 0.717) is 0 Å². The minimum Gasteiger partial charge on any atom is -0.324 e. The van der Waals surface area contributed by atoms with Gasteiger partial charge in [0, 0.05) is 28.0 Å². The molecule has 0 saturated carbocycles. The van der Waals surface area contributed by atoms with E-state index >= 15 is 0 Å². The van der Waals surface area contributed by atoms with Crippen molar-refractivity contribution in [2.24, 2.45) is 5.73 Å². The summed E-state index contributed by atoms with van der Waals surface area (Å²) in [6.45, 7) is 4.09. The molecule has 0 fully saturated rings. The summed E-state index contributed by atoms with van der Waals surface area (Å²) in [5.41, 5.74) is 9.68. The molecule has 1 aromatic heterocycles. The average molecular weight is 311 g/mol. The third-order valence-corrected chi connectivity index (χ3v) is 4.75. The van der Waals surface area contributed by atoms with Crippen LogP contribution in [-0.2, 0) is 6.42 Å². The number of rotatable bonds is 3. The molecule has 1 aromatic carbocycles. The highest BCUT2D eigenvalue weighted by Gasteiger charge is 2.13. The molecule has 0 aliphatic rings. The van der Waals surface area contributed by atoms with Crippen molar-refractivity contribution in [2.45, 2.75) is 26.3 Å². The Kier molecular flexibility index (Phi) is 3.97. The molecule has 0 bridgehead atoms. The van der Waals surface area contributed by atoms with E-state index in [0.717, 1.165) is 27.2 Å². The number of nitrogens with zero attached hydrogens (tertiary/aromatic N) is 1. The Labute approximate surface area is 114 Å². The molecule has 0 aliphatic carbocycles. The van der Waals surface area contributed by atoms with Crippen LogP contribution in [0.3, 0.4) is 0 Å². The smallest absolute Gasteiger partial charge is 0.0947 e. The molecule has 0 saturated heterocycles. The first-order valence-corrected chi connectivity index (χ1v) is 7.17. The van der Waals surface area contributed by atoms with Gasteiger partial charge in [-0.1, -0.05) is 34.1 Å². The number of halogens is 1. The average Bonchev–Trinajstić information content (AvgIpc) is 2.68. The predicted molar refractivity (Wildman–Crippen MR) is 76.4 cm³/mol. The Bertz CT molecular complexity index is 522. The zero-order chi connectivity index (χ0) is 12.4. The Morgan fingerprint density at radius 2 is 2.18 bits per heavy atom. The van der Waals surface area contributed by atoms with Crippen molar-refractivity contribution in [3.63, 3.8) is 0 Å². The van der Waals surface area contributed by atoms with Crippen molar-refractivity contribution >= 4 is 27.3 Å².